The van der Waals surface area contributed by atoms with Gasteiger partial charge in [-0.05, 0) is 30.2 Å². The molecule has 26 heavy (non-hydrogen) atoms. The first kappa shape index (κ1) is 17.9. The monoisotopic (exact) mass is 373 g/mol. The molecule has 1 aromatic heterocycles. The number of fused-ring (bicyclic) bond motifs is 1. The minimum absolute atomic E-state index is 0.0421. The van der Waals surface area contributed by atoms with Gasteiger partial charge >= 0.3 is 0 Å². The Morgan fingerprint density at radius 2 is 1.77 bits per heavy atom. The minimum Gasteiger partial charge on any atom is -0.431 e. The maximum absolute atomic E-state index is 13.5. The van der Waals surface area contributed by atoms with Gasteiger partial charge in [0.2, 0.25) is 11.8 Å². The number of oxazole rings is 1. The smallest absolute Gasteiger partial charge is 0.257 e. The Bertz CT molecular complexity index is 896. The van der Waals surface area contributed by atoms with E-state index in [1.165, 1.54) is 6.07 Å². The number of nitrogens with one attached hydrogen (secondary N) is 2. The molecule has 2 amide bonds. The summed E-state index contributed by atoms with van der Waals surface area (Å²) in [6.45, 7) is 0. The number of carbonyl (C=O) groups is 2. The fraction of sp³-hybridized carbons (Fsp3) is 0.167. The lowest BCUT2D eigenvalue weighted by Crippen LogP contribution is -2.42. The van der Waals surface area contributed by atoms with Gasteiger partial charge in [0.25, 0.3) is 5.22 Å². The van der Waals surface area contributed by atoms with E-state index in [0.717, 1.165) is 17.3 Å². The van der Waals surface area contributed by atoms with Crippen molar-refractivity contribution in [1.29, 1.82) is 0 Å². The third kappa shape index (κ3) is 4.82. The molecule has 0 atom stereocenters. The molecule has 0 aliphatic rings. The largest absolute Gasteiger partial charge is 0.431 e. The first-order valence-corrected chi connectivity index (χ1v) is 8.90. The summed E-state index contributed by atoms with van der Waals surface area (Å²) in [5.41, 5.74) is 6.45. The van der Waals surface area contributed by atoms with Crippen LogP contribution in [0.2, 0.25) is 0 Å². The number of aryl methyl sites for hydroxylation is 1. The number of hydrogen-bond donors (Lipinski definition) is 2. The van der Waals surface area contributed by atoms with Crippen molar-refractivity contribution in [2.24, 2.45) is 0 Å². The molecular formula is C18H16FN3O3S. The maximum atomic E-state index is 13.5. The van der Waals surface area contributed by atoms with E-state index in [1.807, 2.05) is 18.2 Å². The molecule has 0 saturated carbocycles. The molecule has 2 aromatic carbocycles. The van der Waals surface area contributed by atoms with E-state index in [9.17, 15) is 14.0 Å². The third-order valence-corrected chi connectivity index (χ3v) is 4.35. The predicted molar refractivity (Wildman–Crippen MR) is 95.7 cm³/mol. The second kappa shape index (κ2) is 8.48. The highest BCUT2D eigenvalue weighted by molar-refractivity contribution is 7.99. The molecule has 2 N–H and O–H groups in total. The zero-order chi connectivity index (χ0) is 18.4. The van der Waals surface area contributed by atoms with Crippen LogP contribution >= 0.6 is 11.8 Å². The summed E-state index contributed by atoms with van der Waals surface area (Å²) in [7, 11) is 0. The lowest BCUT2D eigenvalue weighted by molar-refractivity contribution is -0.127. The van der Waals surface area contributed by atoms with Crippen LogP contribution in [0, 0.1) is 5.82 Å². The molecule has 0 saturated heterocycles. The highest BCUT2D eigenvalue weighted by atomic mass is 32.2. The number of amides is 2. The molecule has 0 fully saturated rings. The first-order valence-electron chi connectivity index (χ1n) is 7.91. The topological polar surface area (TPSA) is 84.2 Å². The number of halogens is 1. The standard InChI is InChI=1S/C18H16FN3O3S/c19-13-6-2-1-5-12(13)9-10-16(23)21-22-17(24)11-26-18-20-14-7-3-4-8-15(14)25-18/h1-8H,9-11H2,(H,21,23)(H,22,24). The quantitative estimate of drug-likeness (QED) is 0.513. The van der Waals surface area contributed by atoms with Crippen molar-refractivity contribution in [3.05, 3.63) is 59.9 Å². The van der Waals surface area contributed by atoms with Gasteiger partial charge in [-0.1, -0.05) is 42.1 Å². The van der Waals surface area contributed by atoms with Crippen molar-refractivity contribution < 1.29 is 18.4 Å². The summed E-state index contributed by atoms with van der Waals surface area (Å²) in [6, 6.07) is 13.6. The summed E-state index contributed by atoms with van der Waals surface area (Å²) in [5, 5.41) is 0.382. The van der Waals surface area contributed by atoms with E-state index in [-0.39, 0.29) is 24.4 Å². The molecule has 0 aliphatic heterocycles. The van der Waals surface area contributed by atoms with Crippen molar-refractivity contribution in [1.82, 2.24) is 15.8 Å². The number of carbonyl (C=O) groups excluding carboxylic acids is 2. The Hall–Kier alpha value is -2.87. The second-order valence-electron chi connectivity index (χ2n) is 5.42. The predicted octanol–water partition coefficient (Wildman–Crippen LogP) is 2.84. The molecule has 0 unspecified atom stereocenters. The highest BCUT2D eigenvalue weighted by Crippen LogP contribution is 2.22. The van der Waals surface area contributed by atoms with Gasteiger partial charge in [0, 0.05) is 6.42 Å². The molecule has 6 nitrogen and oxygen atoms in total. The summed E-state index contributed by atoms with van der Waals surface area (Å²) in [6.07, 6.45) is 0.325. The number of thioether (sulfide) groups is 1. The maximum Gasteiger partial charge on any atom is 0.257 e. The van der Waals surface area contributed by atoms with E-state index in [1.54, 1.807) is 24.3 Å². The number of aromatic nitrogens is 1. The van der Waals surface area contributed by atoms with Gasteiger partial charge in [-0.15, -0.1) is 0 Å². The third-order valence-electron chi connectivity index (χ3n) is 3.52. The van der Waals surface area contributed by atoms with Crippen molar-refractivity contribution >= 4 is 34.7 Å². The van der Waals surface area contributed by atoms with Crippen LogP contribution in [0.5, 0.6) is 0 Å². The van der Waals surface area contributed by atoms with Crippen LogP contribution in [-0.2, 0) is 16.0 Å². The molecule has 8 heteroatoms. The number of nitrogens with zero attached hydrogens (tertiary/aromatic N) is 1. The van der Waals surface area contributed by atoms with Gasteiger partial charge in [0.1, 0.15) is 11.3 Å². The Labute approximate surface area is 153 Å². The van der Waals surface area contributed by atoms with E-state index >= 15 is 0 Å². The van der Waals surface area contributed by atoms with Crippen LogP contribution < -0.4 is 10.9 Å². The van der Waals surface area contributed by atoms with Gasteiger partial charge in [-0.25, -0.2) is 9.37 Å². The number of rotatable bonds is 6. The van der Waals surface area contributed by atoms with Crippen LogP contribution in [-0.4, -0.2) is 22.6 Å². The summed E-state index contributed by atoms with van der Waals surface area (Å²) in [4.78, 5) is 27.8. The van der Waals surface area contributed by atoms with Crippen LogP contribution in [0.3, 0.4) is 0 Å². The van der Waals surface area contributed by atoms with Crippen molar-refractivity contribution in [3.63, 3.8) is 0 Å². The summed E-state index contributed by atoms with van der Waals surface area (Å²) < 4.78 is 19.0. The van der Waals surface area contributed by atoms with E-state index in [0.29, 0.717) is 16.4 Å². The normalized spacial score (nSPS) is 10.7. The number of benzene rings is 2. The lowest BCUT2D eigenvalue weighted by atomic mass is 10.1. The Morgan fingerprint density at radius 3 is 2.58 bits per heavy atom. The molecule has 3 rings (SSSR count). The second-order valence-corrected chi connectivity index (χ2v) is 6.35. The molecule has 0 radical (unpaired) electrons. The number of hydrazine groups is 1. The fourth-order valence-corrected chi connectivity index (χ4v) is 2.87. The Kier molecular flexibility index (Phi) is 5.85. The molecule has 134 valence electrons. The fourth-order valence-electron chi connectivity index (χ4n) is 2.23. The van der Waals surface area contributed by atoms with Gasteiger partial charge in [0.15, 0.2) is 5.58 Å². The van der Waals surface area contributed by atoms with Gasteiger partial charge in [-0.2, -0.15) is 0 Å². The zero-order valence-electron chi connectivity index (χ0n) is 13.7. The van der Waals surface area contributed by atoms with Crippen LogP contribution in [0.25, 0.3) is 11.1 Å². The number of para-hydroxylation sites is 2. The minimum atomic E-state index is -0.395. The van der Waals surface area contributed by atoms with Crippen molar-refractivity contribution in [2.45, 2.75) is 18.1 Å². The first-order chi connectivity index (χ1) is 12.6. The van der Waals surface area contributed by atoms with Crippen molar-refractivity contribution in [3.8, 4) is 0 Å². The SMILES string of the molecule is O=C(CCc1ccccc1F)NNC(=O)CSc1nc2ccccc2o1. The molecular weight excluding hydrogens is 357 g/mol. The molecule has 0 aliphatic carbocycles. The lowest BCUT2D eigenvalue weighted by Gasteiger charge is -2.07. The Balaban J connectivity index is 1.39. The molecule has 0 spiro atoms. The van der Waals surface area contributed by atoms with Gasteiger partial charge in [0.05, 0.1) is 5.75 Å². The van der Waals surface area contributed by atoms with E-state index < -0.39 is 11.8 Å². The average Bonchev–Trinajstić information content (AvgIpc) is 3.07. The summed E-state index contributed by atoms with van der Waals surface area (Å²) >= 11 is 1.13. The van der Waals surface area contributed by atoms with Crippen LogP contribution in [0.4, 0.5) is 4.39 Å². The Morgan fingerprint density at radius 1 is 1.04 bits per heavy atom. The van der Waals surface area contributed by atoms with Crippen molar-refractivity contribution in [2.75, 3.05) is 5.75 Å². The van der Waals surface area contributed by atoms with E-state index in [2.05, 4.69) is 15.8 Å². The van der Waals surface area contributed by atoms with E-state index in [4.69, 9.17) is 4.42 Å². The van der Waals surface area contributed by atoms with Gasteiger partial charge in [-0.3, -0.25) is 20.4 Å². The molecule has 0 bridgehead atoms. The number of hydrogen-bond acceptors (Lipinski definition) is 5. The molecule has 1 heterocycles. The highest BCUT2D eigenvalue weighted by Gasteiger charge is 2.10. The van der Waals surface area contributed by atoms with Crippen LogP contribution in [0.1, 0.15) is 12.0 Å². The summed E-state index contributed by atoms with van der Waals surface area (Å²) in [5.74, 6) is -1.09. The van der Waals surface area contributed by atoms with Crippen LogP contribution in [0.15, 0.2) is 58.2 Å². The molecule has 3 aromatic rings. The van der Waals surface area contributed by atoms with Gasteiger partial charge < -0.3 is 4.42 Å². The zero-order valence-corrected chi connectivity index (χ0v) is 14.5. The average molecular weight is 373 g/mol.